The third-order valence-electron chi connectivity index (χ3n) is 3.90. The summed E-state index contributed by atoms with van der Waals surface area (Å²) in [4.78, 5) is 0. The molecule has 0 spiro atoms. The van der Waals surface area contributed by atoms with Gasteiger partial charge in [-0.1, -0.05) is 19.6 Å². The fraction of sp³-hybridized carbons (Fsp3) is 0.600. The highest BCUT2D eigenvalue weighted by Gasteiger charge is 2.31. The quantitative estimate of drug-likeness (QED) is 0.580. The van der Waals surface area contributed by atoms with Crippen LogP contribution in [-0.2, 0) is 0 Å². The van der Waals surface area contributed by atoms with Gasteiger partial charge in [0.2, 0.25) is 0 Å². The van der Waals surface area contributed by atoms with Crippen LogP contribution in [0.4, 0.5) is 0 Å². The van der Waals surface area contributed by atoms with E-state index in [-0.39, 0.29) is 0 Å². The summed E-state index contributed by atoms with van der Waals surface area (Å²) in [6.07, 6.45) is -0.332. The lowest BCUT2D eigenvalue weighted by Crippen LogP contribution is -2.41. The van der Waals surface area contributed by atoms with Crippen molar-refractivity contribution in [2.45, 2.75) is 64.6 Å². The molecule has 0 radical (unpaired) electrons. The van der Waals surface area contributed by atoms with Crippen molar-refractivity contribution < 1.29 is 19.3 Å². The first-order valence-electron chi connectivity index (χ1n) is 8.55. The first kappa shape index (κ1) is 21.4. The van der Waals surface area contributed by atoms with E-state index >= 15 is 0 Å². The molecule has 0 aromatic heterocycles. The van der Waals surface area contributed by atoms with Gasteiger partial charge in [0.05, 0.1) is 22.3 Å². The minimum absolute atomic E-state index is 0.378. The van der Waals surface area contributed by atoms with Crippen molar-refractivity contribution in [1.82, 2.24) is 0 Å². The number of aryl methyl sites for hydroxylation is 1. The molecule has 0 aliphatic heterocycles. The second kappa shape index (κ2) is 8.64. The molecule has 4 nitrogen and oxygen atoms in total. The first-order valence-corrected chi connectivity index (χ1v) is 12.3. The van der Waals surface area contributed by atoms with Crippen molar-refractivity contribution in [2.75, 3.05) is 14.2 Å². The number of methoxy groups -OCH3 is 2. The van der Waals surface area contributed by atoms with Crippen LogP contribution in [0.2, 0.25) is 25.7 Å². The number of benzene rings is 1. The molecule has 5 heteroatoms. The molecular formula is C20H32O4Si. The number of aliphatic hydroxyl groups is 1. The molecule has 25 heavy (non-hydrogen) atoms. The molecule has 0 aliphatic carbocycles. The Morgan fingerprint density at radius 2 is 1.64 bits per heavy atom. The molecule has 1 rings (SSSR count). The van der Waals surface area contributed by atoms with Crippen LogP contribution in [0.25, 0.3) is 0 Å². The van der Waals surface area contributed by atoms with Gasteiger partial charge in [0.1, 0.15) is 17.5 Å². The topological polar surface area (TPSA) is 47.9 Å². The minimum atomic E-state index is -1.18. The summed E-state index contributed by atoms with van der Waals surface area (Å²) < 4.78 is 16.8. The SMILES string of the molecule is COc1cc(OC(C)(C)C(O)CC#CC[Si](C)(C)C)c(OC)cc1C. The zero-order valence-electron chi connectivity index (χ0n) is 16.8. The monoisotopic (exact) mass is 364 g/mol. The van der Waals surface area contributed by atoms with Crippen LogP contribution in [-0.4, -0.2) is 39.1 Å². The fourth-order valence-corrected chi connectivity index (χ4v) is 2.85. The first-order chi connectivity index (χ1) is 11.5. The van der Waals surface area contributed by atoms with Crippen LogP contribution in [0.15, 0.2) is 12.1 Å². The zero-order chi connectivity index (χ0) is 19.3. The predicted octanol–water partition coefficient (Wildman–Crippen LogP) is 4.26. The Hall–Kier alpha value is -1.64. The smallest absolute Gasteiger partial charge is 0.165 e. The number of aliphatic hydroxyl groups excluding tert-OH is 1. The Balaban J connectivity index is 2.89. The normalized spacial score (nSPS) is 12.8. The van der Waals surface area contributed by atoms with E-state index in [1.54, 1.807) is 20.3 Å². The van der Waals surface area contributed by atoms with Gasteiger partial charge in [-0.15, -0.1) is 11.8 Å². The van der Waals surface area contributed by atoms with Gasteiger partial charge >= 0.3 is 0 Å². The summed E-state index contributed by atoms with van der Waals surface area (Å²) in [5.74, 6) is 8.16. The van der Waals surface area contributed by atoms with Gasteiger partial charge in [0.15, 0.2) is 11.5 Å². The van der Waals surface area contributed by atoms with Crippen molar-refractivity contribution >= 4 is 8.07 Å². The molecular weight excluding hydrogens is 332 g/mol. The van der Waals surface area contributed by atoms with Crippen LogP contribution in [0.1, 0.15) is 25.8 Å². The average molecular weight is 365 g/mol. The van der Waals surface area contributed by atoms with E-state index in [4.69, 9.17) is 14.2 Å². The molecule has 1 unspecified atom stereocenters. The summed E-state index contributed by atoms with van der Waals surface area (Å²) in [7, 11) is 2.03. The standard InChI is InChI=1S/C20H32O4Si/c1-15-13-17(23-5)18(14-16(15)22-4)24-20(2,3)19(21)11-9-10-12-25(6,7)8/h13-14,19,21H,11-12H2,1-8H3. The zero-order valence-corrected chi connectivity index (χ0v) is 17.8. The highest BCUT2D eigenvalue weighted by molar-refractivity contribution is 6.76. The number of hydrogen-bond donors (Lipinski definition) is 1. The molecule has 0 amide bonds. The Kier molecular flexibility index (Phi) is 7.39. The van der Waals surface area contributed by atoms with E-state index in [0.717, 1.165) is 17.4 Å². The maximum absolute atomic E-state index is 10.5. The maximum Gasteiger partial charge on any atom is 0.165 e. The third-order valence-corrected chi connectivity index (χ3v) is 5.13. The van der Waals surface area contributed by atoms with Gasteiger partial charge in [0.25, 0.3) is 0 Å². The summed E-state index contributed by atoms with van der Waals surface area (Å²) in [6, 6.07) is 4.59. The van der Waals surface area contributed by atoms with E-state index in [2.05, 4.69) is 31.5 Å². The van der Waals surface area contributed by atoms with Gasteiger partial charge in [0, 0.05) is 18.5 Å². The Bertz CT molecular complexity index is 636. The van der Waals surface area contributed by atoms with E-state index < -0.39 is 19.8 Å². The molecule has 0 bridgehead atoms. The molecule has 0 saturated carbocycles. The van der Waals surface area contributed by atoms with Crippen molar-refractivity contribution in [3.63, 3.8) is 0 Å². The molecule has 1 atom stereocenters. The minimum Gasteiger partial charge on any atom is -0.496 e. The molecule has 0 fully saturated rings. The van der Waals surface area contributed by atoms with Crippen LogP contribution in [0.5, 0.6) is 17.2 Å². The van der Waals surface area contributed by atoms with Crippen LogP contribution in [0, 0.1) is 18.8 Å². The molecule has 1 N–H and O–H groups in total. The summed E-state index contributed by atoms with van der Waals surface area (Å²) in [6.45, 7) is 12.5. The number of hydrogen-bond acceptors (Lipinski definition) is 4. The number of ether oxygens (including phenoxy) is 3. The average Bonchev–Trinajstić information content (AvgIpc) is 2.51. The fourth-order valence-electron chi connectivity index (χ4n) is 2.20. The lowest BCUT2D eigenvalue weighted by molar-refractivity contribution is -0.0265. The van der Waals surface area contributed by atoms with Gasteiger partial charge in [-0.25, -0.2) is 0 Å². The highest BCUT2D eigenvalue weighted by atomic mass is 28.3. The van der Waals surface area contributed by atoms with E-state index in [9.17, 15) is 5.11 Å². The molecule has 140 valence electrons. The lowest BCUT2D eigenvalue weighted by Gasteiger charge is -2.31. The largest absolute Gasteiger partial charge is 0.496 e. The van der Waals surface area contributed by atoms with E-state index in [0.29, 0.717) is 17.9 Å². The van der Waals surface area contributed by atoms with Crippen molar-refractivity contribution in [3.05, 3.63) is 17.7 Å². The van der Waals surface area contributed by atoms with Gasteiger partial charge in [-0.3, -0.25) is 0 Å². The van der Waals surface area contributed by atoms with E-state index in [1.165, 1.54) is 0 Å². The number of rotatable bonds is 7. The van der Waals surface area contributed by atoms with Crippen LogP contribution >= 0.6 is 0 Å². The highest BCUT2D eigenvalue weighted by Crippen LogP contribution is 2.37. The lowest BCUT2D eigenvalue weighted by atomic mass is 9.98. The predicted molar refractivity (Wildman–Crippen MR) is 106 cm³/mol. The summed E-state index contributed by atoms with van der Waals surface area (Å²) in [5.41, 5.74) is 0.156. The van der Waals surface area contributed by atoms with E-state index in [1.807, 2.05) is 26.8 Å². The van der Waals surface area contributed by atoms with Gasteiger partial charge < -0.3 is 19.3 Å². The molecule has 1 aromatic carbocycles. The Morgan fingerprint density at radius 1 is 1.04 bits per heavy atom. The molecule has 0 aliphatic rings. The Morgan fingerprint density at radius 3 is 2.16 bits per heavy atom. The summed E-state index contributed by atoms with van der Waals surface area (Å²) in [5, 5.41) is 10.5. The third kappa shape index (κ3) is 6.64. The van der Waals surface area contributed by atoms with Crippen molar-refractivity contribution in [3.8, 4) is 29.1 Å². The molecule has 0 saturated heterocycles. The van der Waals surface area contributed by atoms with Crippen LogP contribution < -0.4 is 14.2 Å². The Labute approximate surface area is 153 Å². The summed E-state index contributed by atoms with van der Waals surface area (Å²) >= 11 is 0. The van der Waals surface area contributed by atoms with Crippen molar-refractivity contribution in [1.29, 1.82) is 0 Å². The second-order valence-electron chi connectivity index (χ2n) is 7.99. The molecule has 0 heterocycles. The van der Waals surface area contributed by atoms with Gasteiger partial charge in [-0.05, 0) is 32.4 Å². The molecule has 1 aromatic rings. The maximum atomic E-state index is 10.5. The van der Waals surface area contributed by atoms with Crippen LogP contribution in [0.3, 0.4) is 0 Å². The van der Waals surface area contributed by atoms with Gasteiger partial charge in [-0.2, -0.15) is 0 Å². The second-order valence-corrected chi connectivity index (χ2v) is 13.5. The van der Waals surface area contributed by atoms with Crippen molar-refractivity contribution in [2.24, 2.45) is 0 Å².